The van der Waals surface area contributed by atoms with Gasteiger partial charge in [0, 0.05) is 6.61 Å². The summed E-state index contributed by atoms with van der Waals surface area (Å²) < 4.78 is 5.74. The number of aliphatic hydroxyl groups is 1. The van der Waals surface area contributed by atoms with Gasteiger partial charge in [0.25, 0.3) is 0 Å². The van der Waals surface area contributed by atoms with Crippen molar-refractivity contribution in [2.45, 2.75) is 72.0 Å². The minimum absolute atomic E-state index is 0.181. The van der Waals surface area contributed by atoms with E-state index in [1.807, 2.05) is 13.8 Å². The fraction of sp³-hybridized carbons (Fsp3) is 1.00. The molecule has 0 spiro atoms. The second-order valence-corrected chi connectivity index (χ2v) is 4.65. The van der Waals surface area contributed by atoms with Crippen LogP contribution >= 0.6 is 0 Å². The topological polar surface area (TPSA) is 29.5 Å². The molecule has 0 rings (SSSR count). The van der Waals surface area contributed by atoms with E-state index in [-0.39, 0.29) is 12.2 Å². The molecule has 0 aliphatic rings. The zero-order chi connectivity index (χ0) is 11.7. The van der Waals surface area contributed by atoms with Gasteiger partial charge in [0.2, 0.25) is 0 Å². The summed E-state index contributed by atoms with van der Waals surface area (Å²) in [6.07, 6.45) is 5.70. The van der Waals surface area contributed by atoms with Crippen LogP contribution in [0.25, 0.3) is 0 Å². The van der Waals surface area contributed by atoms with Crippen LogP contribution in [0.2, 0.25) is 0 Å². The van der Waals surface area contributed by atoms with Crippen molar-refractivity contribution in [3.8, 4) is 0 Å². The second-order valence-electron chi connectivity index (χ2n) is 4.65. The van der Waals surface area contributed by atoms with Crippen molar-refractivity contribution in [2.24, 2.45) is 5.92 Å². The fourth-order valence-corrected chi connectivity index (χ4v) is 1.75. The highest BCUT2D eigenvalue weighted by Crippen LogP contribution is 2.14. The SMILES string of the molecule is CCCCC(CC)COC(C)CC(C)O. The van der Waals surface area contributed by atoms with Gasteiger partial charge >= 0.3 is 0 Å². The number of aliphatic hydroxyl groups excluding tert-OH is 1. The van der Waals surface area contributed by atoms with Crippen LogP contribution < -0.4 is 0 Å². The number of unbranched alkanes of at least 4 members (excludes halogenated alkanes) is 1. The summed E-state index contributed by atoms with van der Waals surface area (Å²) in [4.78, 5) is 0. The molecule has 0 aromatic heterocycles. The number of hydrogen-bond acceptors (Lipinski definition) is 2. The molecule has 0 bridgehead atoms. The molecule has 15 heavy (non-hydrogen) atoms. The van der Waals surface area contributed by atoms with E-state index in [2.05, 4.69) is 13.8 Å². The average Bonchev–Trinajstić information content (AvgIpc) is 2.17. The van der Waals surface area contributed by atoms with Crippen LogP contribution in [0.4, 0.5) is 0 Å². The Labute approximate surface area is 95.0 Å². The summed E-state index contributed by atoms with van der Waals surface area (Å²) in [5.74, 6) is 0.696. The molecule has 3 unspecified atom stereocenters. The first-order chi connectivity index (χ1) is 7.10. The van der Waals surface area contributed by atoms with Crippen LogP contribution in [0.15, 0.2) is 0 Å². The van der Waals surface area contributed by atoms with Gasteiger partial charge in [-0.1, -0.05) is 33.1 Å². The second kappa shape index (κ2) is 9.17. The van der Waals surface area contributed by atoms with Crippen LogP contribution in [0.1, 0.15) is 59.8 Å². The van der Waals surface area contributed by atoms with Gasteiger partial charge in [-0.2, -0.15) is 0 Å². The Morgan fingerprint density at radius 2 is 1.87 bits per heavy atom. The molecular formula is C13H28O2. The van der Waals surface area contributed by atoms with Gasteiger partial charge in [-0.15, -0.1) is 0 Å². The third-order valence-corrected chi connectivity index (χ3v) is 2.83. The molecule has 2 heteroatoms. The predicted octanol–water partition coefficient (Wildman–Crippen LogP) is 3.38. The molecule has 1 N–H and O–H groups in total. The van der Waals surface area contributed by atoms with E-state index in [9.17, 15) is 5.11 Å². The predicted molar refractivity (Wildman–Crippen MR) is 65.0 cm³/mol. The van der Waals surface area contributed by atoms with E-state index in [0.29, 0.717) is 5.92 Å². The van der Waals surface area contributed by atoms with Crippen molar-refractivity contribution < 1.29 is 9.84 Å². The minimum Gasteiger partial charge on any atom is -0.393 e. The third-order valence-electron chi connectivity index (χ3n) is 2.83. The molecule has 3 atom stereocenters. The lowest BCUT2D eigenvalue weighted by atomic mass is 10.0. The third kappa shape index (κ3) is 8.88. The molecule has 0 radical (unpaired) electrons. The maximum Gasteiger partial charge on any atom is 0.0571 e. The summed E-state index contributed by atoms with van der Waals surface area (Å²) in [6.45, 7) is 9.16. The van der Waals surface area contributed by atoms with E-state index in [1.165, 1.54) is 25.7 Å². The highest BCUT2D eigenvalue weighted by Gasteiger charge is 2.10. The maximum absolute atomic E-state index is 9.21. The van der Waals surface area contributed by atoms with Crippen molar-refractivity contribution in [1.82, 2.24) is 0 Å². The highest BCUT2D eigenvalue weighted by molar-refractivity contribution is 4.60. The Kier molecular flexibility index (Phi) is 9.12. The Hall–Kier alpha value is -0.0800. The first-order valence-corrected chi connectivity index (χ1v) is 6.39. The first kappa shape index (κ1) is 14.9. The van der Waals surface area contributed by atoms with Gasteiger partial charge in [-0.25, -0.2) is 0 Å². The largest absolute Gasteiger partial charge is 0.393 e. The van der Waals surface area contributed by atoms with Gasteiger partial charge in [-0.3, -0.25) is 0 Å². The smallest absolute Gasteiger partial charge is 0.0571 e. The van der Waals surface area contributed by atoms with Crippen LogP contribution in [0.5, 0.6) is 0 Å². The van der Waals surface area contributed by atoms with Crippen LogP contribution in [-0.2, 0) is 4.74 Å². The number of ether oxygens (including phenoxy) is 1. The van der Waals surface area contributed by atoms with Crippen molar-refractivity contribution >= 4 is 0 Å². The molecule has 0 aliphatic carbocycles. The molecule has 0 heterocycles. The zero-order valence-electron chi connectivity index (χ0n) is 10.8. The maximum atomic E-state index is 9.21. The molecule has 0 saturated heterocycles. The highest BCUT2D eigenvalue weighted by atomic mass is 16.5. The van der Waals surface area contributed by atoms with Crippen molar-refractivity contribution in [2.75, 3.05) is 6.61 Å². The van der Waals surface area contributed by atoms with Gasteiger partial charge < -0.3 is 9.84 Å². The Balaban J connectivity index is 3.60. The molecular weight excluding hydrogens is 188 g/mol. The quantitative estimate of drug-likeness (QED) is 0.640. The monoisotopic (exact) mass is 216 g/mol. The Morgan fingerprint density at radius 3 is 2.33 bits per heavy atom. The molecule has 2 nitrogen and oxygen atoms in total. The van der Waals surface area contributed by atoms with Crippen LogP contribution in [0, 0.1) is 5.92 Å². The van der Waals surface area contributed by atoms with Crippen LogP contribution in [0.3, 0.4) is 0 Å². The lowest BCUT2D eigenvalue weighted by Gasteiger charge is -2.19. The van der Waals surface area contributed by atoms with Gasteiger partial charge in [0.15, 0.2) is 0 Å². The van der Waals surface area contributed by atoms with Crippen LogP contribution in [-0.4, -0.2) is 23.9 Å². The standard InChI is InChI=1S/C13H28O2/c1-5-7-8-13(6-2)10-15-12(4)9-11(3)14/h11-14H,5-10H2,1-4H3. The summed E-state index contributed by atoms with van der Waals surface area (Å²) in [7, 11) is 0. The van der Waals surface area contributed by atoms with E-state index >= 15 is 0 Å². The summed E-state index contributed by atoms with van der Waals surface area (Å²) in [6, 6.07) is 0. The Bertz CT molecular complexity index is 134. The number of rotatable bonds is 9. The first-order valence-electron chi connectivity index (χ1n) is 6.39. The molecule has 0 aromatic carbocycles. The summed E-state index contributed by atoms with van der Waals surface area (Å²) in [5, 5.41) is 9.21. The minimum atomic E-state index is -0.254. The zero-order valence-corrected chi connectivity index (χ0v) is 10.8. The average molecular weight is 216 g/mol. The van der Waals surface area contributed by atoms with E-state index in [4.69, 9.17) is 4.74 Å². The lowest BCUT2D eigenvalue weighted by Crippen LogP contribution is -2.19. The lowest BCUT2D eigenvalue weighted by molar-refractivity contribution is 0.00853. The summed E-state index contributed by atoms with van der Waals surface area (Å²) >= 11 is 0. The fourth-order valence-electron chi connectivity index (χ4n) is 1.75. The molecule has 0 fully saturated rings. The Morgan fingerprint density at radius 1 is 1.20 bits per heavy atom. The molecule has 92 valence electrons. The van der Waals surface area contributed by atoms with Crippen molar-refractivity contribution in [3.05, 3.63) is 0 Å². The molecule has 0 aliphatic heterocycles. The van der Waals surface area contributed by atoms with Crippen molar-refractivity contribution in [1.29, 1.82) is 0 Å². The molecule has 0 saturated carbocycles. The van der Waals surface area contributed by atoms with Crippen molar-refractivity contribution in [3.63, 3.8) is 0 Å². The van der Waals surface area contributed by atoms with Gasteiger partial charge in [0.1, 0.15) is 0 Å². The van der Waals surface area contributed by atoms with Gasteiger partial charge in [-0.05, 0) is 32.6 Å². The molecule has 0 aromatic rings. The van der Waals surface area contributed by atoms with E-state index in [0.717, 1.165) is 13.0 Å². The van der Waals surface area contributed by atoms with E-state index < -0.39 is 0 Å². The van der Waals surface area contributed by atoms with E-state index in [1.54, 1.807) is 0 Å². The normalized spacial score (nSPS) is 17.4. The van der Waals surface area contributed by atoms with Gasteiger partial charge in [0.05, 0.1) is 12.2 Å². The summed E-state index contributed by atoms with van der Waals surface area (Å²) in [5.41, 5.74) is 0. The number of hydrogen-bond donors (Lipinski definition) is 1. The molecule has 0 amide bonds.